The number of aromatic nitrogens is 3. The van der Waals surface area contributed by atoms with Gasteiger partial charge in [0.1, 0.15) is 5.75 Å². The summed E-state index contributed by atoms with van der Waals surface area (Å²) in [5, 5.41) is 4.71. The minimum absolute atomic E-state index is 0.00269. The molecule has 8 heteroatoms. The second-order valence-electron chi connectivity index (χ2n) is 6.42. The highest BCUT2D eigenvalue weighted by molar-refractivity contribution is 7.71. The Hall–Kier alpha value is -2.19. The molecular weight excluding hydrogens is 352 g/mol. The van der Waals surface area contributed by atoms with Crippen LogP contribution >= 0.6 is 12.2 Å². The largest absolute Gasteiger partial charge is 0.496 e. The first-order valence-corrected chi connectivity index (χ1v) is 9.03. The summed E-state index contributed by atoms with van der Waals surface area (Å²) in [7, 11) is 5.01. The number of likely N-dealkylation sites (tertiary alicyclic amines) is 1. The van der Waals surface area contributed by atoms with Crippen LogP contribution in [0.4, 0.5) is 0 Å². The van der Waals surface area contributed by atoms with Crippen molar-refractivity contribution in [3.8, 4) is 17.1 Å². The Balaban J connectivity index is 1.77. The average Bonchev–Trinajstić information content (AvgIpc) is 2.96. The van der Waals surface area contributed by atoms with Crippen molar-refractivity contribution in [3.63, 3.8) is 0 Å². The number of ether oxygens (including phenoxy) is 2. The van der Waals surface area contributed by atoms with Crippen molar-refractivity contribution in [2.45, 2.75) is 19.5 Å². The number of rotatable bonds is 5. The van der Waals surface area contributed by atoms with Crippen LogP contribution in [0.25, 0.3) is 11.4 Å². The third kappa shape index (κ3) is 3.66. The van der Waals surface area contributed by atoms with Gasteiger partial charge < -0.3 is 14.0 Å². The van der Waals surface area contributed by atoms with E-state index < -0.39 is 0 Å². The second-order valence-corrected chi connectivity index (χ2v) is 6.79. The summed E-state index contributed by atoms with van der Waals surface area (Å²) in [6.07, 6.45) is 1.60. The summed E-state index contributed by atoms with van der Waals surface area (Å²) in [5.41, 5.74) is 0.909. The van der Waals surface area contributed by atoms with Crippen molar-refractivity contribution < 1.29 is 14.3 Å². The van der Waals surface area contributed by atoms with Crippen LogP contribution in [0.1, 0.15) is 12.8 Å². The van der Waals surface area contributed by atoms with E-state index in [1.54, 1.807) is 7.11 Å². The van der Waals surface area contributed by atoms with E-state index in [0.717, 1.165) is 43.1 Å². The molecular formula is C18H24N4O3S. The molecule has 1 aromatic heterocycles. The lowest BCUT2D eigenvalue weighted by atomic mass is 9.97. The summed E-state index contributed by atoms with van der Waals surface area (Å²) < 4.78 is 14.7. The minimum Gasteiger partial charge on any atom is -0.496 e. The van der Waals surface area contributed by atoms with E-state index in [4.69, 9.17) is 26.8 Å². The molecule has 0 unspecified atom stereocenters. The Morgan fingerprint density at radius 2 is 1.96 bits per heavy atom. The third-order valence-corrected chi connectivity index (χ3v) is 5.33. The molecule has 0 radical (unpaired) electrons. The van der Waals surface area contributed by atoms with Crippen LogP contribution in [0.2, 0.25) is 0 Å². The van der Waals surface area contributed by atoms with Gasteiger partial charge in [0.25, 0.3) is 0 Å². The Labute approximate surface area is 158 Å². The number of nitrogens with zero attached hydrogens (tertiary/aromatic N) is 4. The van der Waals surface area contributed by atoms with Gasteiger partial charge in [-0.15, -0.1) is 0 Å². The molecule has 0 bridgehead atoms. The summed E-state index contributed by atoms with van der Waals surface area (Å²) in [6.45, 7) is 2.25. The first-order chi connectivity index (χ1) is 12.5. The molecule has 0 spiro atoms. The van der Waals surface area contributed by atoms with Gasteiger partial charge in [-0.3, -0.25) is 9.69 Å². The second kappa shape index (κ2) is 8.01. The Morgan fingerprint density at radius 1 is 1.27 bits per heavy atom. The molecule has 0 amide bonds. The first-order valence-electron chi connectivity index (χ1n) is 8.62. The zero-order valence-electron chi connectivity index (χ0n) is 15.3. The predicted molar refractivity (Wildman–Crippen MR) is 100 cm³/mol. The number of carbonyl (C=O) groups is 1. The molecule has 0 N–H and O–H groups in total. The van der Waals surface area contributed by atoms with E-state index in [1.165, 1.54) is 7.11 Å². The summed E-state index contributed by atoms with van der Waals surface area (Å²) in [4.78, 5) is 13.9. The summed E-state index contributed by atoms with van der Waals surface area (Å²) >= 11 is 5.57. The molecule has 1 aliphatic rings. The fourth-order valence-electron chi connectivity index (χ4n) is 3.31. The quantitative estimate of drug-likeness (QED) is 0.590. The van der Waals surface area contributed by atoms with Crippen LogP contribution in [-0.4, -0.2) is 52.5 Å². The maximum Gasteiger partial charge on any atom is 0.308 e. The smallest absolute Gasteiger partial charge is 0.308 e. The Kier molecular flexibility index (Phi) is 5.73. The number of hydrogen-bond donors (Lipinski definition) is 0. The number of esters is 1. The van der Waals surface area contributed by atoms with Crippen LogP contribution in [0.3, 0.4) is 0 Å². The lowest BCUT2D eigenvalue weighted by Gasteiger charge is -2.30. The van der Waals surface area contributed by atoms with E-state index in [2.05, 4.69) is 4.90 Å². The first kappa shape index (κ1) is 18.6. The van der Waals surface area contributed by atoms with Crippen LogP contribution in [0.15, 0.2) is 24.3 Å². The lowest BCUT2D eigenvalue weighted by Crippen LogP contribution is -2.38. The SMILES string of the molecule is COC(=O)C1CCN(Cn2nc(-c3ccccc3OC)n(C)c2=S)CC1. The maximum atomic E-state index is 11.7. The van der Waals surface area contributed by atoms with Gasteiger partial charge in [-0.05, 0) is 37.2 Å². The van der Waals surface area contributed by atoms with E-state index in [0.29, 0.717) is 11.4 Å². The van der Waals surface area contributed by atoms with Crippen molar-refractivity contribution in [2.24, 2.45) is 13.0 Å². The summed E-state index contributed by atoms with van der Waals surface area (Å²) in [6, 6.07) is 7.77. The van der Waals surface area contributed by atoms with Crippen LogP contribution in [0.5, 0.6) is 5.75 Å². The van der Waals surface area contributed by atoms with Crippen molar-refractivity contribution in [1.29, 1.82) is 0 Å². The van der Waals surface area contributed by atoms with Gasteiger partial charge in [-0.2, -0.15) is 5.10 Å². The van der Waals surface area contributed by atoms with E-state index in [-0.39, 0.29) is 11.9 Å². The number of para-hydroxylation sites is 1. The van der Waals surface area contributed by atoms with E-state index >= 15 is 0 Å². The van der Waals surface area contributed by atoms with Crippen LogP contribution in [0, 0.1) is 10.7 Å². The Morgan fingerprint density at radius 3 is 2.62 bits per heavy atom. The van der Waals surface area contributed by atoms with Gasteiger partial charge in [0.2, 0.25) is 0 Å². The molecule has 1 aliphatic heterocycles. The maximum absolute atomic E-state index is 11.7. The molecule has 140 valence electrons. The van der Waals surface area contributed by atoms with Gasteiger partial charge in [0.15, 0.2) is 10.6 Å². The van der Waals surface area contributed by atoms with E-state index in [9.17, 15) is 4.79 Å². The fraction of sp³-hybridized carbons (Fsp3) is 0.500. The molecule has 3 rings (SSSR count). The number of hydrogen-bond acceptors (Lipinski definition) is 6. The van der Waals surface area contributed by atoms with Gasteiger partial charge in [0.05, 0.1) is 32.4 Å². The van der Waals surface area contributed by atoms with Gasteiger partial charge in [-0.25, -0.2) is 4.68 Å². The topological polar surface area (TPSA) is 61.5 Å². The lowest BCUT2D eigenvalue weighted by molar-refractivity contribution is -0.147. The van der Waals surface area contributed by atoms with Crippen molar-refractivity contribution in [2.75, 3.05) is 27.3 Å². The molecule has 0 aliphatic carbocycles. The monoisotopic (exact) mass is 376 g/mol. The Bertz CT molecular complexity index is 837. The van der Waals surface area contributed by atoms with Crippen molar-refractivity contribution >= 4 is 18.2 Å². The van der Waals surface area contributed by atoms with Gasteiger partial charge in [0, 0.05) is 20.1 Å². The highest BCUT2D eigenvalue weighted by Gasteiger charge is 2.26. The number of carbonyl (C=O) groups excluding carboxylic acids is 1. The van der Waals surface area contributed by atoms with Gasteiger partial charge >= 0.3 is 5.97 Å². The molecule has 2 aromatic rings. The van der Waals surface area contributed by atoms with Crippen molar-refractivity contribution in [3.05, 3.63) is 29.0 Å². The zero-order chi connectivity index (χ0) is 18.7. The fourth-order valence-corrected chi connectivity index (χ4v) is 3.50. The number of methoxy groups -OCH3 is 2. The molecule has 7 nitrogen and oxygen atoms in total. The normalized spacial score (nSPS) is 15.8. The van der Waals surface area contributed by atoms with Crippen LogP contribution < -0.4 is 4.74 Å². The predicted octanol–water partition coefficient (Wildman–Crippen LogP) is 2.47. The third-order valence-electron chi connectivity index (χ3n) is 4.84. The van der Waals surface area contributed by atoms with Gasteiger partial charge in [-0.1, -0.05) is 12.1 Å². The minimum atomic E-state index is -0.113. The highest BCUT2D eigenvalue weighted by atomic mass is 32.1. The molecule has 1 aromatic carbocycles. The molecule has 0 saturated carbocycles. The zero-order valence-corrected chi connectivity index (χ0v) is 16.2. The number of piperidine rings is 1. The van der Waals surface area contributed by atoms with Crippen molar-refractivity contribution in [1.82, 2.24) is 19.2 Å². The number of benzene rings is 1. The molecule has 0 atom stereocenters. The summed E-state index contributed by atoms with van der Waals surface area (Å²) in [5.74, 6) is 1.42. The molecule has 1 fully saturated rings. The van der Waals surface area contributed by atoms with Crippen LogP contribution in [-0.2, 0) is 23.2 Å². The average molecular weight is 376 g/mol. The molecule has 26 heavy (non-hydrogen) atoms. The molecule has 2 heterocycles. The molecule has 1 saturated heterocycles. The van der Waals surface area contributed by atoms with E-state index in [1.807, 2.05) is 40.6 Å². The highest BCUT2D eigenvalue weighted by Crippen LogP contribution is 2.28. The standard InChI is InChI=1S/C18H24N4O3S/c1-20-16(14-6-4-5-7-15(14)24-2)19-22(18(20)26)12-21-10-8-13(9-11-21)17(23)25-3/h4-7,13H,8-12H2,1-3H3.